The highest BCUT2D eigenvalue weighted by Crippen LogP contribution is 2.23. The number of nitriles is 1. The molecule has 1 saturated heterocycles. The van der Waals surface area contributed by atoms with Gasteiger partial charge in [0.2, 0.25) is 0 Å². The van der Waals surface area contributed by atoms with Crippen LogP contribution in [0.15, 0.2) is 18.2 Å². The minimum atomic E-state index is -0.186. The van der Waals surface area contributed by atoms with Gasteiger partial charge in [-0.15, -0.1) is 0 Å². The van der Waals surface area contributed by atoms with Crippen LogP contribution in [0.25, 0.3) is 0 Å². The summed E-state index contributed by atoms with van der Waals surface area (Å²) in [6, 6.07) is 7.19. The van der Waals surface area contributed by atoms with E-state index in [0.29, 0.717) is 24.4 Å². The number of hydrogen-bond acceptors (Lipinski definition) is 5. The first-order chi connectivity index (χ1) is 10.2. The topological polar surface area (TPSA) is 79.3 Å². The molecule has 21 heavy (non-hydrogen) atoms. The molecule has 0 aromatic heterocycles. The van der Waals surface area contributed by atoms with Crippen molar-refractivity contribution in [1.29, 1.82) is 5.26 Å². The number of anilines is 1. The van der Waals surface area contributed by atoms with Gasteiger partial charge in [-0.1, -0.05) is 12.5 Å². The molecule has 1 atom stereocenters. The lowest BCUT2D eigenvalue weighted by atomic mass is 10.0. The molecule has 1 unspecified atom stereocenters. The summed E-state index contributed by atoms with van der Waals surface area (Å²) in [5, 5.41) is 8.87. The number of ether oxygens (including phenoxy) is 1. The van der Waals surface area contributed by atoms with Gasteiger partial charge in [0, 0.05) is 12.2 Å². The summed E-state index contributed by atoms with van der Waals surface area (Å²) in [7, 11) is 0. The van der Waals surface area contributed by atoms with Crippen molar-refractivity contribution in [2.24, 2.45) is 0 Å². The number of carbonyl (C=O) groups is 1. The molecule has 1 aliphatic heterocycles. The van der Waals surface area contributed by atoms with Gasteiger partial charge in [-0.25, -0.2) is 0 Å². The lowest BCUT2D eigenvalue weighted by molar-refractivity contribution is -0.151. The first-order valence-electron chi connectivity index (χ1n) is 7.35. The van der Waals surface area contributed by atoms with Crippen LogP contribution in [0.5, 0.6) is 0 Å². The van der Waals surface area contributed by atoms with Crippen molar-refractivity contribution in [3.63, 3.8) is 0 Å². The van der Waals surface area contributed by atoms with E-state index in [1.54, 1.807) is 12.1 Å². The summed E-state index contributed by atoms with van der Waals surface area (Å²) in [5.41, 5.74) is 8.10. The van der Waals surface area contributed by atoms with Crippen LogP contribution in [0.3, 0.4) is 0 Å². The summed E-state index contributed by atoms with van der Waals surface area (Å²) in [5.74, 6) is -0.149. The fourth-order valence-electron chi connectivity index (χ4n) is 2.71. The van der Waals surface area contributed by atoms with Crippen LogP contribution >= 0.6 is 0 Å². The minimum absolute atomic E-state index is 0.149. The monoisotopic (exact) mass is 287 g/mol. The Kier molecular flexibility index (Phi) is 5.18. The zero-order valence-electron chi connectivity index (χ0n) is 12.3. The predicted molar refractivity (Wildman–Crippen MR) is 80.3 cm³/mol. The summed E-state index contributed by atoms with van der Waals surface area (Å²) >= 11 is 0. The first-order valence-corrected chi connectivity index (χ1v) is 7.35. The molecule has 1 aromatic rings. The number of rotatable bonds is 4. The Hall–Kier alpha value is -2.06. The van der Waals surface area contributed by atoms with Crippen molar-refractivity contribution in [3.8, 4) is 6.07 Å². The van der Waals surface area contributed by atoms with Crippen molar-refractivity contribution in [1.82, 2.24) is 4.90 Å². The third-order valence-electron chi connectivity index (χ3n) is 3.82. The van der Waals surface area contributed by atoms with Crippen LogP contribution in [-0.4, -0.2) is 30.1 Å². The number of nitrogen functional groups attached to an aromatic ring is 1. The molecule has 0 aliphatic carbocycles. The number of hydrogen-bond donors (Lipinski definition) is 1. The van der Waals surface area contributed by atoms with Gasteiger partial charge < -0.3 is 10.5 Å². The molecule has 0 saturated carbocycles. The Labute approximate surface area is 125 Å². The smallest absolute Gasteiger partial charge is 0.323 e. The molecule has 0 amide bonds. The van der Waals surface area contributed by atoms with E-state index < -0.39 is 0 Å². The second kappa shape index (κ2) is 7.09. The van der Waals surface area contributed by atoms with E-state index in [2.05, 4.69) is 11.0 Å². The maximum Gasteiger partial charge on any atom is 0.323 e. The summed E-state index contributed by atoms with van der Waals surface area (Å²) in [6.07, 6.45) is 2.95. The van der Waals surface area contributed by atoms with E-state index in [1.807, 2.05) is 13.0 Å². The lowest BCUT2D eigenvalue weighted by Crippen LogP contribution is -2.45. The average Bonchev–Trinajstić information content (AvgIpc) is 2.50. The normalized spacial score (nSPS) is 19.0. The maximum absolute atomic E-state index is 12.0. The van der Waals surface area contributed by atoms with E-state index in [1.165, 1.54) is 0 Å². The third-order valence-corrected chi connectivity index (χ3v) is 3.82. The van der Waals surface area contributed by atoms with Crippen LogP contribution in [0.2, 0.25) is 0 Å². The molecule has 2 rings (SSSR count). The quantitative estimate of drug-likeness (QED) is 0.677. The van der Waals surface area contributed by atoms with Gasteiger partial charge in [0.05, 0.1) is 18.2 Å². The molecule has 1 fully saturated rings. The highest BCUT2D eigenvalue weighted by atomic mass is 16.5. The van der Waals surface area contributed by atoms with Crippen molar-refractivity contribution < 1.29 is 9.53 Å². The molecule has 1 aliphatic rings. The number of carbonyl (C=O) groups excluding carboxylic acids is 1. The maximum atomic E-state index is 12.0. The molecule has 1 heterocycles. The van der Waals surface area contributed by atoms with E-state index in [-0.39, 0.29) is 12.0 Å². The standard InChI is InChI=1S/C16H21N3O2/c1-2-21-16(20)15-5-3-4-8-19(15)11-13-7-6-12(10-17)9-14(13)18/h6-7,9,15H,2-5,8,11,18H2,1H3. The molecule has 112 valence electrons. The summed E-state index contributed by atoms with van der Waals surface area (Å²) < 4.78 is 5.16. The lowest BCUT2D eigenvalue weighted by Gasteiger charge is -2.34. The number of nitrogens with zero attached hydrogens (tertiary/aromatic N) is 2. The Balaban J connectivity index is 2.12. The molecular formula is C16H21N3O2. The molecule has 5 heteroatoms. The second-order valence-corrected chi connectivity index (χ2v) is 5.26. The van der Waals surface area contributed by atoms with Gasteiger partial charge in [-0.3, -0.25) is 9.69 Å². The number of esters is 1. The van der Waals surface area contributed by atoms with Crippen molar-refractivity contribution in [2.75, 3.05) is 18.9 Å². The summed E-state index contributed by atoms with van der Waals surface area (Å²) in [4.78, 5) is 14.2. The van der Waals surface area contributed by atoms with Crippen LogP contribution in [0.4, 0.5) is 5.69 Å². The molecule has 0 radical (unpaired) electrons. The van der Waals surface area contributed by atoms with E-state index >= 15 is 0 Å². The SMILES string of the molecule is CCOC(=O)C1CCCCN1Cc1ccc(C#N)cc1N. The Morgan fingerprint density at radius 2 is 2.33 bits per heavy atom. The zero-order valence-corrected chi connectivity index (χ0v) is 12.3. The first kappa shape index (κ1) is 15.3. The van der Waals surface area contributed by atoms with Crippen LogP contribution < -0.4 is 5.73 Å². The van der Waals surface area contributed by atoms with Gasteiger partial charge in [-0.2, -0.15) is 5.26 Å². The number of piperidine rings is 1. The van der Waals surface area contributed by atoms with Crippen molar-refractivity contribution >= 4 is 11.7 Å². The molecular weight excluding hydrogens is 266 g/mol. The Bertz CT molecular complexity index is 551. The van der Waals surface area contributed by atoms with E-state index in [9.17, 15) is 4.79 Å². The van der Waals surface area contributed by atoms with Crippen molar-refractivity contribution in [3.05, 3.63) is 29.3 Å². The average molecular weight is 287 g/mol. The fourth-order valence-corrected chi connectivity index (χ4v) is 2.71. The largest absolute Gasteiger partial charge is 0.465 e. The number of benzene rings is 1. The third kappa shape index (κ3) is 3.73. The highest BCUT2D eigenvalue weighted by molar-refractivity contribution is 5.76. The Morgan fingerprint density at radius 1 is 1.52 bits per heavy atom. The van der Waals surface area contributed by atoms with Crippen LogP contribution in [0.1, 0.15) is 37.3 Å². The minimum Gasteiger partial charge on any atom is -0.465 e. The second-order valence-electron chi connectivity index (χ2n) is 5.26. The molecule has 5 nitrogen and oxygen atoms in total. The van der Waals surface area contributed by atoms with Crippen molar-refractivity contribution in [2.45, 2.75) is 38.8 Å². The predicted octanol–water partition coefficient (Wildman–Crippen LogP) is 2.06. The highest BCUT2D eigenvalue weighted by Gasteiger charge is 2.29. The van der Waals surface area contributed by atoms with Crippen LogP contribution in [-0.2, 0) is 16.1 Å². The van der Waals surface area contributed by atoms with Crippen LogP contribution in [0, 0.1) is 11.3 Å². The van der Waals surface area contributed by atoms with Gasteiger partial charge in [0.1, 0.15) is 6.04 Å². The van der Waals surface area contributed by atoms with Gasteiger partial charge in [0.15, 0.2) is 0 Å². The molecule has 2 N–H and O–H groups in total. The van der Waals surface area contributed by atoms with E-state index in [0.717, 1.165) is 31.4 Å². The molecule has 1 aromatic carbocycles. The van der Waals surface area contributed by atoms with Gasteiger partial charge >= 0.3 is 5.97 Å². The molecule has 0 spiro atoms. The van der Waals surface area contributed by atoms with E-state index in [4.69, 9.17) is 15.7 Å². The molecule has 0 bridgehead atoms. The number of nitrogens with two attached hydrogens (primary N) is 1. The fraction of sp³-hybridized carbons (Fsp3) is 0.500. The Morgan fingerprint density at radius 3 is 3.00 bits per heavy atom. The number of likely N-dealkylation sites (tertiary alicyclic amines) is 1. The zero-order chi connectivity index (χ0) is 15.2. The van der Waals surface area contributed by atoms with Gasteiger partial charge in [0.25, 0.3) is 0 Å². The summed E-state index contributed by atoms with van der Waals surface area (Å²) in [6.45, 7) is 3.70. The van der Waals surface area contributed by atoms with Gasteiger partial charge in [-0.05, 0) is 44.0 Å².